The predicted octanol–water partition coefficient (Wildman–Crippen LogP) is 0.822. The molecule has 0 amide bonds. The first-order valence-corrected chi connectivity index (χ1v) is 7.82. The third-order valence-electron chi connectivity index (χ3n) is 3.78. The summed E-state index contributed by atoms with van der Waals surface area (Å²) in [6, 6.07) is 3.27. The van der Waals surface area contributed by atoms with Gasteiger partial charge in [0.05, 0.1) is 4.90 Å². The Balaban J connectivity index is 2.35. The summed E-state index contributed by atoms with van der Waals surface area (Å²) < 4.78 is 26.7. The SMILES string of the molecule is Cc1cc(S(=O)(=O)N2CCN(C)CC2)cc(N)c1C. The normalized spacial score (nSPS) is 18.7. The number of nitrogen functional groups attached to an aromatic ring is 1. The van der Waals surface area contributed by atoms with E-state index in [9.17, 15) is 8.42 Å². The Morgan fingerprint density at radius 3 is 2.21 bits per heavy atom. The molecule has 1 aromatic carbocycles. The van der Waals surface area contributed by atoms with Crippen molar-refractivity contribution in [3.05, 3.63) is 23.3 Å². The summed E-state index contributed by atoms with van der Waals surface area (Å²) in [6.45, 7) is 6.38. The lowest BCUT2D eigenvalue weighted by Gasteiger charge is -2.31. The van der Waals surface area contributed by atoms with Crippen molar-refractivity contribution in [3.8, 4) is 0 Å². The number of anilines is 1. The van der Waals surface area contributed by atoms with Crippen LogP contribution in [0, 0.1) is 13.8 Å². The van der Waals surface area contributed by atoms with Gasteiger partial charge in [-0.3, -0.25) is 0 Å². The fourth-order valence-corrected chi connectivity index (χ4v) is 3.72. The monoisotopic (exact) mass is 283 g/mol. The van der Waals surface area contributed by atoms with Crippen molar-refractivity contribution < 1.29 is 8.42 Å². The maximum Gasteiger partial charge on any atom is 0.243 e. The van der Waals surface area contributed by atoms with Crippen LogP contribution in [-0.2, 0) is 10.0 Å². The van der Waals surface area contributed by atoms with Gasteiger partial charge in [0.2, 0.25) is 10.0 Å². The fraction of sp³-hybridized carbons (Fsp3) is 0.538. The first-order chi connectivity index (χ1) is 8.82. The van der Waals surface area contributed by atoms with E-state index in [1.54, 1.807) is 12.1 Å². The summed E-state index contributed by atoms with van der Waals surface area (Å²) in [7, 11) is -1.42. The van der Waals surface area contributed by atoms with Crippen LogP contribution in [0.15, 0.2) is 17.0 Å². The maximum atomic E-state index is 12.6. The molecular weight excluding hydrogens is 262 g/mol. The minimum absolute atomic E-state index is 0.303. The molecule has 0 bridgehead atoms. The van der Waals surface area contributed by atoms with Crippen LogP contribution in [0.2, 0.25) is 0 Å². The van der Waals surface area contributed by atoms with Gasteiger partial charge in [0.25, 0.3) is 0 Å². The number of piperazine rings is 1. The number of aryl methyl sites for hydroxylation is 1. The van der Waals surface area contributed by atoms with Crippen molar-refractivity contribution in [1.29, 1.82) is 0 Å². The number of benzene rings is 1. The quantitative estimate of drug-likeness (QED) is 0.816. The van der Waals surface area contributed by atoms with Crippen molar-refractivity contribution >= 4 is 15.7 Å². The van der Waals surface area contributed by atoms with Crippen LogP contribution in [-0.4, -0.2) is 50.8 Å². The summed E-state index contributed by atoms with van der Waals surface area (Å²) in [4.78, 5) is 2.43. The van der Waals surface area contributed by atoms with Gasteiger partial charge in [0.1, 0.15) is 0 Å². The van der Waals surface area contributed by atoms with Gasteiger partial charge >= 0.3 is 0 Å². The second kappa shape index (κ2) is 5.11. The molecule has 6 heteroatoms. The van der Waals surface area contributed by atoms with Gasteiger partial charge in [-0.05, 0) is 44.2 Å². The summed E-state index contributed by atoms with van der Waals surface area (Å²) in [5.74, 6) is 0. The lowest BCUT2D eigenvalue weighted by molar-refractivity contribution is 0.222. The van der Waals surface area contributed by atoms with E-state index in [-0.39, 0.29) is 0 Å². The number of likely N-dealkylation sites (N-methyl/N-ethyl adjacent to an activating group) is 1. The van der Waals surface area contributed by atoms with Crippen LogP contribution in [0.4, 0.5) is 5.69 Å². The third kappa shape index (κ3) is 2.75. The van der Waals surface area contributed by atoms with Crippen LogP contribution in [0.5, 0.6) is 0 Å². The van der Waals surface area contributed by atoms with Crippen molar-refractivity contribution in [2.24, 2.45) is 0 Å². The molecule has 0 aliphatic carbocycles. The molecule has 0 atom stereocenters. The van der Waals surface area contributed by atoms with Gasteiger partial charge in [-0.2, -0.15) is 4.31 Å². The third-order valence-corrected chi connectivity index (χ3v) is 5.66. The van der Waals surface area contributed by atoms with Crippen molar-refractivity contribution in [1.82, 2.24) is 9.21 Å². The molecule has 2 rings (SSSR count). The van der Waals surface area contributed by atoms with E-state index < -0.39 is 10.0 Å². The van der Waals surface area contributed by atoms with Crippen LogP contribution in [0.25, 0.3) is 0 Å². The number of nitrogens with two attached hydrogens (primary N) is 1. The highest BCUT2D eigenvalue weighted by atomic mass is 32.2. The zero-order valence-electron chi connectivity index (χ0n) is 11.7. The number of nitrogens with zero attached hydrogens (tertiary/aromatic N) is 2. The highest BCUT2D eigenvalue weighted by molar-refractivity contribution is 7.89. The van der Waals surface area contributed by atoms with Crippen LogP contribution in [0.1, 0.15) is 11.1 Å². The van der Waals surface area contributed by atoms with E-state index in [2.05, 4.69) is 4.90 Å². The highest BCUT2D eigenvalue weighted by Crippen LogP contribution is 2.24. The molecule has 1 fully saturated rings. The molecule has 1 aromatic rings. The Morgan fingerprint density at radius 1 is 1.11 bits per heavy atom. The fourth-order valence-electron chi connectivity index (χ4n) is 2.18. The highest BCUT2D eigenvalue weighted by Gasteiger charge is 2.28. The molecule has 0 spiro atoms. The number of hydrogen-bond donors (Lipinski definition) is 1. The lowest BCUT2D eigenvalue weighted by atomic mass is 10.1. The smallest absolute Gasteiger partial charge is 0.243 e. The van der Waals surface area contributed by atoms with Crippen LogP contribution >= 0.6 is 0 Å². The molecule has 1 heterocycles. The van der Waals surface area contributed by atoms with E-state index in [1.807, 2.05) is 20.9 Å². The van der Waals surface area contributed by atoms with Gasteiger partial charge in [0.15, 0.2) is 0 Å². The van der Waals surface area contributed by atoms with E-state index >= 15 is 0 Å². The molecule has 0 unspecified atom stereocenters. The van der Waals surface area contributed by atoms with E-state index in [0.717, 1.165) is 24.2 Å². The Kier molecular flexibility index (Phi) is 3.85. The standard InChI is InChI=1S/C13H21N3O2S/c1-10-8-12(9-13(14)11(10)2)19(17,18)16-6-4-15(3)5-7-16/h8-9H,4-7,14H2,1-3H3. The van der Waals surface area contributed by atoms with Gasteiger partial charge in [0, 0.05) is 31.9 Å². The molecule has 1 aliphatic rings. The zero-order chi connectivity index (χ0) is 14.2. The van der Waals surface area contributed by atoms with Gasteiger partial charge in [-0.1, -0.05) is 0 Å². The summed E-state index contributed by atoms with van der Waals surface area (Å²) in [5.41, 5.74) is 8.27. The second-order valence-corrected chi connectivity index (χ2v) is 7.10. The van der Waals surface area contributed by atoms with Crippen molar-refractivity contribution in [2.75, 3.05) is 39.0 Å². The first kappa shape index (κ1) is 14.3. The van der Waals surface area contributed by atoms with Gasteiger partial charge in [-0.15, -0.1) is 0 Å². The van der Waals surface area contributed by atoms with Crippen molar-refractivity contribution in [2.45, 2.75) is 18.7 Å². The molecule has 0 saturated carbocycles. The Bertz CT molecular complexity index is 553. The van der Waals surface area contributed by atoms with Crippen LogP contribution in [0.3, 0.4) is 0 Å². The summed E-state index contributed by atoms with van der Waals surface area (Å²) >= 11 is 0. The largest absolute Gasteiger partial charge is 0.398 e. The Hall–Kier alpha value is -1.11. The first-order valence-electron chi connectivity index (χ1n) is 6.38. The minimum Gasteiger partial charge on any atom is -0.398 e. The molecular formula is C13H21N3O2S. The van der Waals surface area contributed by atoms with Gasteiger partial charge in [-0.25, -0.2) is 8.42 Å². The average Bonchev–Trinajstić information content (AvgIpc) is 2.35. The van der Waals surface area contributed by atoms with E-state index in [4.69, 9.17) is 5.73 Å². The van der Waals surface area contributed by atoms with E-state index in [1.165, 1.54) is 4.31 Å². The number of rotatable bonds is 2. The maximum absolute atomic E-state index is 12.6. The Labute approximate surface area is 115 Å². The second-order valence-electron chi connectivity index (χ2n) is 5.16. The molecule has 1 aliphatic heterocycles. The van der Waals surface area contributed by atoms with Crippen molar-refractivity contribution in [3.63, 3.8) is 0 Å². The molecule has 5 nitrogen and oxygen atoms in total. The number of hydrogen-bond acceptors (Lipinski definition) is 4. The molecule has 19 heavy (non-hydrogen) atoms. The van der Waals surface area contributed by atoms with Gasteiger partial charge < -0.3 is 10.6 Å². The summed E-state index contributed by atoms with van der Waals surface area (Å²) in [5, 5.41) is 0. The molecule has 1 saturated heterocycles. The van der Waals surface area contributed by atoms with E-state index in [0.29, 0.717) is 23.7 Å². The number of sulfonamides is 1. The molecule has 2 N–H and O–H groups in total. The minimum atomic E-state index is -3.42. The predicted molar refractivity (Wildman–Crippen MR) is 76.6 cm³/mol. The average molecular weight is 283 g/mol. The lowest BCUT2D eigenvalue weighted by Crippen LogP contribution is -2.47. The Morgan fingerprint density at radius 2 is 1.68 bits per heavy atom. The molecule has 0 radical (unpaired) electrons. The topological polar surface area (TPSA) is 66.6 Å². The molecule has 106 valence electrons. The summed E-state index contributed by atoms with van der Waals surface area (Å²) in [6.07, 6.45) is 0. The van der Waals surface area contributed by atoms with Crippen LogP contribution < -0.4 is 5.73 Å². The molecule has 0 aromatic heterocycles. The zero-order valence-corrected chi connectivity index (χ0v) is 12.5.